The van der Waals surface area contributed by atoms with E-state index in [0.29, 0.717) is 11.0 Å². The predicted octanol–water partition coefficient (Wildman–Crippen LogP) is 3.55. The SMILES string of the molecule is CCCCNC(=O)n1c(NC(=O)OC)nc2c(F)c(F)c(F)c(F)c21.Cl. The predicted molar refractivity (Wildman–Crippen MR) is 86.5 cm³/mol. The zero-order valence-electron chi connectivity index (χ0n) is 13.7. The van der Waals surface area contributed by atoms with Crippen molar-refractivity contribution in [2.24, 2.45) is 0 Å². The van der Waals surface area contributed by atoms with Crippen LogP contribution in [0.3, 0.4) is 0 Å². The number of hydrogen-bond acceptors (Lipinski definition) is 4. The highest BCUT2D eigenvalue weighted by Gasteiger charge is 2.29. The molecule has 0 bridgehead atoms. The summed E-state index contributed by atoms with van der Waals surface area (Å²) in [7, 11) is 1.00. The highest BCUT2D eigenvalue weighted by atomic mass is 35.5. The van der Waals surface area contributed by atoms with Gasteiger partial charge in [0.2, 0.25) is 5.95 Å². The quantitative estimate of drug-likeness (QED) is 0.357. The molecule has 0 radical (unpaired) electrons. The lowest BCUT2D eigenvalue weighted by atomic mass is 10.2. The van der Waals surface area contributed by atoms with Crippen molar-refractivity contribution in [3.63, 3.8) is 0 Å². The summed E-state index contributed by atoms with van der Waals surface area (Å²) in [5, 5.41) is 4.34. The molecule has 0 aliphatic carbocycles. The molecule has 0 unspecified atom stereocenters. The van der Waals surface area contributed by atoms with Crippen molar-refractivity contribution >= 4 is 41.5 Å². The molecule has 12 heteroatoms. The van der Waals surface area contributed by atoms with Gasteiger partial charge in [-0.05, 0) is 6.42 Å². The van der Waals surface area contributed by atoms with E-state index >= 15 is 0 Å². The number of fused-ring (bicyclic) bond motifs is 1. The molecule has 0 atom stereocenters. The van der Waals surface area contributed by atoms with Crippen molar-refractivity contribution in [1.29, 1.82) is 0 Å². The monoisotopic (exact) mass is 398 g/mol. The zero-order valence-corrected chi connectivity index (χ0v) is 14.5. The third-order valence-electron chi connectivity index (χ3n) is 3.28. The van der Waals surface area contributed by atoms with Crippen LogP contribution in [0.2, 0.25) is 0 Å². The van der Waals surface area contributed by atoms with Crippen molar-refractivity contribution in [1.82, 2.24) is 14.9 Å². The molecular weight excluding hydrogens is 384 g/mol. The van der Waals surface area contributed by atoms with Crippen LogP contribution in [0.5, 0.6) is 0 Å². The van der Waals surface area contributed by atoms with Crippen molar-refractivity contribution in [2.45, 2.75) is 19.8 Å². The van der Waals surface area contributed by atoms with E-state index in [1.54, 1.807) is 0 Å². The number of nitrogens with zero attached hydrogens (tertiary/aromatic N) is 2. The molecule has 144 valence electrons. The largest absolute Gasteiger partial charge is 0.453 e. The molecule has 0 spiro atoms. The number of hydrogen-bond donors (Lipinski definition) is 2. The molecule has 26 heavy (non-hydrogen) atoms. The van der Waals surface area contributed by atoms with Gasteiger partial charge in [-0.15, -0.1) is 12.4 Å². The Bertz CT molecular complexity index is 844. The molecule has 0 aliphatic rings. The number of imidazole rings is 1. The van der Waals surface area contributed by atoms with Crippen LogP contribution in [-0.2, 0) is 4.74 Å². The minimum atomic E-state index is -2.10. The molecule has 2 amide bonds. The van der Waals surface area contributed by atoms with Crippen LogP contribution in [0.1, 0.15) is 19.8 Å². The van der Waals surface area contributed by atoms with Crippen LogP contribution in [-0.4, -0.2) is 35.3 Å². The van der Waals surface area contributed by atoms with E-state index in [1.807, 2.05) is 12.2 Å². The van der Waals surface area contributed by atoms with E-state index in [-0.39, 0.29) is 19.0 Å². The zero-order chi connectivity index (χ0) is 18.7. The van der Waals surface area contributed by atoms with Gasteiger partial charge >= 0.3 is 12.1 Å². The number of nitrogens with one attached hydrogen (secondary N) is 2. The van der Waals surface area contributed by atoms with Crippen LogP contribution in [0.4, 0.5) is 33.1 Å². The first kappa shape index (κ1) is 21.5. The van der Waals surface area contributed by atoms with Crippen molar-refractivity contribution in [3.05, 3.63) is 23.3 Å². The number of unbranched alkanes of at least 4 members (excludes halogenated alkanes) is 1. The number of halogens is 5. The van der Waals surface area contributed by atoms with Gasteiger partial charge in [-0.3, -0.25) is 5.32 Å². The van der Waals surface area contributed by atoms with Crippen LogP contribution in [0, 0.1) is 23.3 Å². The lowest BCUT2D eigenvalue weighted by Gasteiger charge is -2.10. The van der Waals surface area contributed by atoms with Gasteiger partial charge in [0.25, 0.3) is 0 Å². The van der Waals surface area contributed by atoms with E-state index in [4.69, 9.17) is 0 Å². The number of carbonyl (C=O) groups is 2. The molecule has 2 aromatic rings. The molecule has 0 saturated carbocycles. The summed E-state index contributed by atoms with van der Waals surface area (Å²) in [4.78, 5) is 27.1. The van der Waals surface area contributed by atoms with Gasteiger partial charge in [0.05, 0.1) is 7.11 Å². The minimum Gasteiger partial charge on any atom is -0.453 e. The van der Waals surface area contributed by atoms with Crippen molar-refractivity contribution in [3.8, 4) is 0 Å². The van der Waals surface area contributed by atoms with Gasteiger partial charge in [-0.1, -0.05) is 13.3 Å². The van der Waals surface area contributed by atoms with Crippen LogP contribution in [0.15, 0.2) is 0 Å². The first-order valence-corrected chi connectivity index (χ1v) is 7.21. The molecule has 1 heterocycles. The van der Waals surface area contributed by atoms with Crippen molar-refractivity contribution < 1.29 is 31.9 Å². The number of anilines is 1. The lowest BCUT2D eigenvalue weighted by Crippen LogP contribution is -2.31. The highest BCUT2D eigenvalue weighted by molar-refractivity contribution is 5.96. The first-order chi connectivity index (χ1) is 11.8. The first-order valence-electron chi connectivity index (χ1n) is 7.21. The molecule has 1 aromatic carbocycles. The highest BCUT2D eigenvalue weighted by Crippen LogP contribution is 2.29. The lowest BCUT2D eigenvalue weighted by molar-refractivity contribution is 0.186. The number of benzene rings is 1. The second kappa shape index (κ2) is 8.70. The maximum Gasteiger partial charge on any atom is 0.413 e. The average molecular weight is 399 g/mol. The number of ether oxygens (including phenoxy) is 1. The van der Waals surface area contributed by atoms with Crippen LogP contribution >= 0.6 is 12.4 Å². The summed E-state index contributed by atoms with van der Waals surface area (Å²) in [5.41, 5.74) is -1.90. The molecule has 0 fully saturated rings. The third-order valence-corrected chi connectivity index (χ3v) is 3.28. The number of methoxy groups -OCH3 is 1. The molecule has 2 N–H and O–H groups in total. The Morgan fingerprint density at radius 1 is 1.12 bits per heavy atom. The van der Waals surface area contributed by atoms with E-state index in [2.05, 4.69) is 15.0 Å². The fraction of sp³-hybridized carbons (Fsp3) is 0.357. The van der Waals surface area contributed by atoms with E-state index in [9.17, 15) is 27.2 Å². The number of amides is 2. The minimum absolute atomic E-state index is 0. The molecule has 7 nitrogen and oxygen atoms in total. The number of rotatable bonds is 4. The summed E-state index contributed by atoms with van der Waals surface area (Å²) < 4.78 is 59.7. The Morgan fingerprint density at radius 2 is 1.73 bits per heavy atom. The summed E-state index contributed by atoms with van der Waals surface area (Å²) in [5.74, 6) is -8.44. The smallest absolute Gasteiger partial charge is 0.413 e. The van der Waals surface area contributed by atoms with Gasteiger partial charge in [-0.25, -0.2) is 36.7 Å². The fourth-order valence-electron chi connectivity index (χ4n) is 2.05. The van der Waals surface area contributed by atoms with E-state index in [0.717, 1.165) is 13.5 Å². The Morgan fingerprint density at radius 3 is 2.31 bits per heavy atom. The van der Waals surface area contributed by atoms with E-state index in [1.165, 1.54) is 0 Å². The molecule has 0 aliphatic heterocycles. The van der Waals surface area contributed by atoms with Gasteiger partial charge < -0.3 is 10.1 Å². The standard InChI is InChI=1S/C14H14F4N4O3.ClH/c1-3-4-5-19-13(23)22-11-9(18)7(16)6(15)8(17)10(11)20-12(22)21-14(24)25-2;/h3-5H2,1-2H3,(H,19,23)(H,20,21,24);1H. The number of aromatic nitrogens is 2. The Balaban J connectivity index is 0.00000338. The average Bonchev–Trinajstić information content (AvgIpc) is 2.97. The Kier molecular flexibility index (Phi) is 7.19. The van der Waals surface area contributed by atoms with Gasteiger partial charge in [0, 0.05) is 6.54 Å². The van der Waals surface area contributed by atoms with Crippen LogP contribution < -0.4 is 10.6 Å². The van der Waals surface area contributed by atoms with Gasteiger partial charge in [-0.2, -0.15) is 0 Å². The summed E-state index contributed by atoms with van der Waals surface area (Å²) in [6, 6.07) is -1.01. The molecule has 1 aromatic heterocycles. The Labute approximate surface area is 151 Å². The summed E-state index contributed by atoms with van der Waals surface area (Å²) >= 11 is 0. The topological polar surface area (TPSA) is 85.2 Å². The van der Waals surface area contributed by atoms with Gasteiger partial charge in [0.15, 0.2) is 23.3 Å². The van der Waals surface area contributed by atoms with Crippen LogP contribution in [0.25, 0.3) is 11.0 Å². The second-order valence-corrected chi connectivity index (χ2v) is 4.93. The molecular formula is C14H15ClF4N4O3. The fourth-order valence-corrected chi connectivity index (χ4v) is 2.05. The third kappa shape index (κ3) is 3.82. The summed E-state index contributed by atoms with van der Waals surface area (Å²) in [6.45, 7) is 2.04. The number of carbonyl (C=O) groups excluding carboxylic acids is 2. The molecule has 2 rings (SSSR count). The summed E-state index contributed by atoms with van der Waals surface area (Å²) in [6.07, 6.45) is 0.221. The van der Waals surface area contributed by atoms with E-state index < -0.39 is 52.4 Å². The van der Waals surface area contributed by atoms with Gasteiger partial charge in [0.1, 0.15) is 11.0 Å². The Hall–Kier alpha value is -2.56. The normalized spacial score (nSPS) is 10.4. The molecule has 0 saturated heterocycles. The maximum absolute atomic E-state index is 14.1. The van der Waals surface area contributed by atoms with Crippen molar-refractivity contribution in [2.75, 3.05) is 19.0 Å². The second-order valence-electron chi connectivity index (χ2n) is 4.93. The maximum atomic E-state index is 14.1.